The lowest BCUT2D eigenvalue weighted by atomic mass is 9.96. The fourth-order valence-corrected chi connectivity index (χ4v) is 4.85. The van der Waals surface area contributed by atoms with Crippen LogP contribution < -0.4 is 10.5 Å². The molecule has 2 aromatic heterocycles. The summed E-state index contributed by atoms with van der Waals surface area (Å²) in [6.45, 7) is 0.513. The van der Waals surface area contributed by atoms with E-state index in [-0.39, 0.29) is 10.7 Å². The lowest BCUT2D eigenvalue weighted by molar-refractivity contribution is 0.0945. The number of aromatic amines is 1. The molecule has 2 heterocycles. The molecule has 0 saturated carbocycles. The summed E-state index contributed by atoms with van der Waals surface area (Å²) in [4.78, 5) is 17.1. The van der Waals surface area contributed by atoms with Gasteiger partial charge in [-0.1, -0.05) is 59.8 Å². The molecule has 0 aliphatic rings. The summed E-state index contributed by atoms with van der Waals surface area (Å²) in [6.07, 6.45) is 4.20. The summed E-state index contributed by atoms with van der Waals surface area (Å²) < 4.78 is 24.6. The monoisotopic (exact) mass is 514 g/mol. The molecule has 4 N–H and O–H groups in total. The number of rotatable bonds is 9. The molecular formula is C27H26N6O3S. The van der Waals surface area contributed by atoms with Crippen molar-refractivity contribution in [3.63, 3.8) is 0 Å². The van der Waals surface area contributed by atoms with Gasteiger partial charge in [-0.2, -0.15) is 0 Å². The Bertz CT molecular complexity index is 1660. The number of nitrogens with two attached hydrogens (primary N) is 1. The maximum Gasteiger partial charge on any atom is 0.238 e. The molecule has 5 aromatic rings. The number of ketones is 1. The molecule has 0 saturated heterocycles. The quantitative estimate of drug-likeness (QED) is 0.258. The number of primary sulfonamides is 1. The van der Waals surface area contributed by atoms with Gasteiger partial charge in [-0.05, 0) is 35.7 Å². The average molecular weight is 515 g/mol. The number of aryl methyl sites for hydroxylation is 1. The molecule has 1 unspecified atom stereocenters. The number of carbonyl (C=O) groups excluding carboxylic acids is 1. The first-order valence-corrected chi connectivity index (χ1v) is 13.3. The number of nitrogens with one attached hydrogen (secondary N) is 2. The van der Waals surface area contributed by atoms with Gasteiger partial charge >= 0.3 is 0 Å². The summed E-state index contributed by atoms with van der Waals surface area (Å²) in [5.74, 6) is -0.0470. The highest BCUT2D eigenvalue weighted by atomic mass is 32.2. The zero-order chi connectivity index (χ0) is 26.0. The number of hydrogen-bond acceptors (Lipinski definition) is 6. The minimum Gasteiger partial charge on any atom is -0.360 e. The second-order valence-corrected chi connectivity index (χ2v) is 10.4. The Morgan fingerprint density at radius 3 is 2.51 bits per heavy atom. The molecule has 0 spiro atoms. The zero-order valence-electron chi connectivity index (χ0n) is 20.1. The highest BCUT2D eigenvalue weighted by Crippen LogP contribution is 2.28. The van der Waals surface area contributed by atoms with Gasteiger partial charge in [-0.15, -0.1) is 5.10 Å². The van der Waals surface area contributed by atoms with Crippen molar-refractivity contribution in [1.29, 1.82) is 0 Å². The van der Waals surface area contributed by atoms with E-state index < -0.39 is 16.1 Å². The number of fused-ring (bicyclic) bond motifs is 1. The molecule has 0 aliphatic heterocycles. The molecular weight excluding hydrogens is 488 g/mol. The minimum atomic E-state index is -3.73. The van der Waals surface area contributed by atoms with Crippen molar-refractivity contribution in [2.45, 2.75) is 17.4 Å². The SMILES string of the molecule is Cn1cc(-c2ccc3c(C(=O)C(NCCc4ccc(S(N)(=O)=O)cc4)c4ccccc4)c[nH]c3c2)nn1. The number of H-pyrrole nitrogens is 1. The van der Waals surface area contributed by atoms with Crippen LogP contribution in [0.5, 0.6) is 0 Å². The van der Waals surface area contributed by atoms with Crippen LogP contribution in [-0.4, -0.2) is 40.7 Å². The van der Waals surface area contributed by atoms with Gasteiger partial charge in [0.05, 0.1) is 17.1 Å². The Hall–Kier alpha value is -4.12. The van der Waals surface area contributed by atoms with E-state index in [9.17, 15) is 13.2 Å². The first kappa shape index (κ1) is 24.6. The topological polar surface area (TPSA) is 136 Å². The van der Waals surface area contributed by atoms with Crippen LogP contribution in [0.25, 0.3) is 22.2 Å². The average Bonchev–Trinajstić information content (AvgIpc) is 3.52. The Labute approximate surface area is 214 Å². The van der Waals surface area contributed by atoms with Gasteiger partial charge in [0.2, 0.25) is 10.0 Å². The third kappa shape index (κ3) is 5.36. The Morgan fingerprint density at radius 2 is 1.84 bits per heavy atom. The van der Waals surface area contributed by atoms with Gasteiger partial charge in [-0.3, -0.25) is 9.48 Å². The van der Waals surface area contributed by atoms with Crippen LogP contribution in [0.15, 0.2) is 90.1 Å². The first-order valence-electron chi connectivity index (χ1n) is 11.7. The van der Waals surface area contributed by atoms with Crippen LogP contribution >= 0.6 is 0 Å². The van der Waals surface area contributed by atoms with E-state index in [1.807, 2.05) is 61.8 Å². The fraction of sp³-hybridized carbons (Fsp3) is 0.148. The second-order valence-electron chi connectivity index (χ2n) is 8.84. The van der Waals surface area contributed by atoms with E-state index in [2.05, 4.69) is 20.6 Å². The number of Topliss-reactive ketones (excluding diaryl/α,β-unsaturated/α-hetero) is 1. The molecule has 5 rings (SSSR count). The number of aromatic nitrogens is 4. The van der Waals surface area contributed by atoms with E-state index >= 15 is 0 Å². The number of carbonyl (C=O) groups is 1. The van der Waals surface area contributed by atoms with Crippen molar-refractivity contribution in [2.24, 2.45) is 12.2 Å². The molecule has 9 nitrogen and oxygen atoms in total. The van der Waals surface area contributed by atoms with Gasteiger partial charge in [0.1, 0.15) is 5.69 Å². The molecule has 0 aliphatic carbocycles. The highest BCUT2D eigenvalue weighted by Gasteiger charge is 2.24. The maximum atomic E-state index is 13.8. The van der Waals surface area contributed by atoms with Crippen molar-refractivity contribution in [1.82, 2.24) is 25.3 Å². The van der Waals surface area contributed by atoms with E-state index in [0.717, 1.165) is 33.3 Å². The maximum absolute atomic E-state index is 13.8. The number of nitrogens with zero attached hydrogens (tertiary/aromatic N) is 3. The number of hydrogen-bond donors (Lipinski definition) is 3. The van der Waals surface area contributed by atoms with Crippen LogP contribution in [0.2, 0.25) is 0 Å². The fourth-order valence-electron chi connectivity index (χ4n) is 4.34. The van der Waals surface area contributed by atoms with Crippen LogP contribution in [0, 0.1) is 0 Å². The summed E-state index contributed by atoms with van der Waals surface area (Å²) in [5.41, 5.74) is 4.90. The largest absolute Gasteiger partial charge is 0.360 e. The van der Waals surface area contributed by atoms with Crippen molar-refractivity contribution in [3.8, 4) is 11.3 Å². The molecule has 1 atom stereocenters. The number of benzene rings is 3. The molecule has 188 valence electrons. The minimum absolute atomic E-state index is 0.0470. The van der Waals surface area contributed by atoms with Crippen molar-refractivity contribution in [3.05, 3.63) is 102 Å². The van der Waals surface area contributed by atoms with Crippen LogP contribution in [-0.2, 0) is 23.5 Å². The van der Waals surface area contributed by atoms with E-state index in [0.29, 0.717) is 18.5 Å². The van der Waals surface area contributed by atoms with Gasteiger partial charge in [0.15, 0.2) is 5.78 Å². The van der Waals surface area contributed by atoms with Gasteiger partial charge in [0.25, 0.3) is 0 Å². The van der Waals surface area contributed by atoms with Crippen molar-refractivity contribution in [2.75, 3.05) is 6.54 Å². The van der Waals surface area contributed by atoms with Crippen LogP contribution in [0.3, 0.4) is 0 Å². The van der Waals surface area contributed by atoms with Crippen LogP contribution in [0.1, 0.15) is 27.5 Å². The van der Waals surface area contributed by atoms with Crippen molar-refractivity contribution >= 4 is 26.7 Å². The van der Waals surface area contributed by atoms with E-state index in [4.69, 9.17) is 5.14 Å². The molecule has 0 radical (unpaired) electrons. The third-order valence-corrected chi connectivity index (χ3v) is 7.18. The Kier molecular flexibility index (Phi) is 6.70. The zero-order valence-corrected chi connectivity index (χ0v) is 20.9. The normalized spacial score (nSPS) is 12.6. The summed E-state index contributed by atoms with van der Waals surface area (Å²) in [6, 6.07) is 21.3. The molecule has 10 heteroatoms. The number of sulfonamides is 1. The predicted octanol–water partition coefficient (Wildman–Crippen LogP) is 3.37. The molecule has 37 heavy (non-hydrogen) atoms. The summed E-state index contributed by atoms with van der Waals surface area (Å²) in [5, 5.41) is 17.6. The molecule has 0 amide bonds. The third-order valence-electron chi connectivity index (χ3n) is 6.25. The van der Waals surface area contributed by atoms with Gasteiger partial charge in [-0.25, -0.2) is 13.6 Å². The molecule has 0 bridgehead atoms. The second kappa shape index (κ2) is 10.1. The Balaban J connectivity index is 1.37. The standard InChI is InChI=1S/C27H26N6O3S/c1-33-17-25(31-32-33)20-9-12-22-23(16-30-24(22)15-20)27(34)26(19-5-3-2-4-6-19)29-14-13-18-7-10-21(11-8-18)37(28,35)36/h2-12,15-17,26,29-30H,13-14H2,1H3,(H2,28,35,36). The van der Waals surface area contributed by atoms with E-state index in [1.165, 1.54) is 12.1 Å². The van der Waals surface area contributed by atoms with Crippen molar-refractivity contribution < 1.29 is 13.2 Å². The summed E-state index contributed by atoms with van der Waals surface area (Å²) in [7, 11) is -1.92. The highest BCUT2D eigenvalue weighted by molar-refractivity contribution is 7.89. The first-order chi connectivity index (χ1) is 17.8. The lowest BCUT2D eigenvalue weighted by Gasteiger charge is -2.18. The Morgan fingerprint density at radius 1 is 1.08 bits per heavy atom. The van der Waals surface area contributed by atoms with E-state index in [1.54, 1.807) is 23.0 Å². The summed E-state index contributed by atoms with van der Waals surface area (Å²) >= 11 is 0. The molecule has 0 fully saturated rings. The smallest absolute Gasteiger partial charge is 0.238 e. The predicted molar refractivity (Wildman–Crippen MR) is 141 cm³/mol. The van der Waals surface area contributed by atoms with Gasteiger partial charge < -0.3 is 10.3 Å². The van der Waals surface area contributed by atoms with Gasteiger partial charge in [0, 0.05) is 41.8 Å². The lowest BCUT2D eigenvalue weighted by Crippen LogP contribution is -2.30. The molecule has 3 aromatic carbocycles. The van der Waals surface area contributed by atoms with Crippen LogP contribution in [0.4, 0.5) is 0 Å².